The number of ether oxygens (including phenoxy) is 1. The van der Waals surface area contributed by atoms with Gasteiger partial charge >= 0.3 is 0 Å². The minimum atomic E-state index is 0.701. The van der Waals surface area contributed by atoms with Gasteiger partial charge in [0.1, 0.15) is 10.8 Å². The minimum Gasteiger partial charge on any atom is -0.497 e. The van der Waals surface area contributed by atoms with Crippen molar-refractivity contribution in [3.05, 3.63) is 34.8 Å². The van der Waals surface area contributed by atoms with E-state index < -0.39 is 0 Å². The van der Waals surface area contributed by atoms with Gasteiger partial charge in [0.15, 0.2) is 0 Å². The zero-order valence-electron chi connectivity index (χ0n) is 12.0. The van der Waals surface area contributed by atoms with E-state index in [1.807, 2.05) is 23.5 Å². The summed E-state index contributed by atoms with van der Waals surface area (Å²) in [7, 11) is 1.69. The molecule has 0 aliphatic heterocycles. The van der Waals surface area contributed by atoms with Crippen molar-refractivity contribution in [1.29, 1.82) is 0 Å². The van der Waals surface area contributed by atoms with Crippen LogP contribution in [-0.4, -0.2) is 18.6 Å². The van der Waals surface area contributed by atoms with Gasteiger partial charge in [-0.05, 0) is 43.7 Å². The van der Waals surface area contributed by atoms with Gasteiger partial charge in [-0.3, -0.25) is 0 Å². The second kappa shape index (κ2) is 5.94. The molecule has 0 saturated heterocycles. The van der Waals surface area contributed by atoms with Gasteiger partial charge in [0.25, 0.3) is 0 Å². The fourth-order valence-corrected chi connectivity index (χ4v) is 3.38. The number of hydrogen-bond donors (Lipinski definition) is 1. The lowest BCUT2D eigenvalue weighted by molar-refractivity contribution is 0.415. The van der Waals surface area contributed by atoms with Crippen LogP contribution in [0.25, 0.3) is 10.6 Å². The first-order chi connectivity index (χ1) is 9.81. The Balaban J connectivity index is 1.88. The van der Waals surface area contributed by atoms with Gasteiger partial charge in [-0.25, -0.2) is 4.98 Å². The summed E-state index contributed by atoms with van der Waals surface area (Å²) in [5.41, 5.74) is 2.50. The van der Waals surface area contributed by atoms with Crippen molar-refractivity contribution in [3.63, 3.8) is 0 Å². The van der Waals surface area contributed by atoms with E-state index in [4.69, 9.17) is 9.72 Å². The van der Waals surface area contributed by atoms with Gasteiger partial charge in [-0.2, -0.15) is 0 Å². The van der Waals surface area contributed by atoms with Gasteiger partial charge in [0, 0.05) is 22.9 Å². The van der Waals surface area contributed by atoms with Crippen LogP contribution in [0.4, 0.5) is 0 Å². The molecule has 0 spiro atoms. The van der Waals surface area contributed by atoms with Gasteiger partial charge in [-0.15, -0.1) is 11.3 Å². The van der Waals surface area contributed by atoms with E-state index in [-0.39, 0.29) is 0 Å². The van der Waals surface area contributed by atoms with Crippen LogP contribution in [0.2, 0.25) is 0 Å². The topological polar surface area (TPSA) is 34.1 Å². The lowest BCUT2D eigenvalue weighted by atomic mass is 10.2. The van der Waals surface area contributed by atoms with Crippen LogP contribution < -0.4 is 10.1 Å². The van der Waals surface area contributed by atoms with E-state index in [1.54, 1.807) is 7.11 Å². The SMILES string of the molecule is CCNCc1sc(-c2ccc(OC)cc2)nc1C1CC1. The molecular formula is C16H20N2OS. The Morgan fingerprint density at radius 1 is 1.30 bits per heavy atom. The molecule has 0 atom stereocenters. The first kappa shape index (κ1) is 13.6. The number of nitrogens with one attached hydrogen (secondary N) is 1. The molecule has 1 saturated carbocycles. The van der Waals surface area contributed by atoms with Crippen LogP contribution in [-0.2, 0) is 6.54 Å². The quantitative estimate of drug-likeness (QED) is 0.877. The highest BCUT2D eigenvalue weighted by atomic mass is 32.1. The van der Waals surface area contributed by atoms with E-state index in [0.29, 0.717) is 5.92 Å². The zero-order chi connectivity index (χ0) is 13.9. The second-order valence-electron chi connectivity index (χ2n) is 5.11. The molecule has 0 amide bonds. The molecule has 1 aromatic carbocycles. The maximum atomic E-state index is 5.21. The molecule has 1 aliphatic carbocycles. The zero-order valence-corrected chi connectivity index (χ0v) is 12.8. The van der Waals surface area contributed by atoms with E-state index in [1.165, 1.54) is 29.0 Å². The lowest BCUT2D eigenvalue weighted by Crippen LogP contribution is -2.11. The van der Waals surface area contributed by atoms with Crippen LogP contribution in [0.15, 0.2) is 24.3 Å². The van der Waals surface area contributed by atoms with Crippen molar-refractivity contribution in [2.45, 2.75) is 32.2 Å². The van der Waals surface area contributed by atoms with Crippen molar-refractivity contribution < 1.29 is 4.74 Å². The van der Waals surface area contributed by atoms with Crippen molar-refractivity contribution >= 4 is 11.3 Å². The van der Waals surface area contributed by atoms with Gasteiger partial charge in [0.2, 0.25) is 0 Å². The lowest BCUT2D eigenvalue weighted by Gasteiger charge is -2.00. The normalized spacial score (nSPS) is 14.5. The second-order valence-corrected chi connectivity index (χ2v) is 6.19. The molecule has 1 N–H and O–H groups in total. The van der Waals surface area contributed by atoms with Crippen LogP contribution in [0.5, 0.6) is 5.75 Å². The fourth-order valence-electron chi connectivity index (χ4n) is 2.26. The molecule has 4 heteroatoms. The highest BCUT2D eigenvalue weighted by Crippen LogP contribution is 2.44. The number of methoxy groups -OCH3 is 1. The van der Waals surface area contributed by atoms with Crippen molar-refractivity contribution in [1.82, 2.24) is 10.3 Å². The van der Waals surface area contributed by atoms with Crippen molar-refractivity contribution in [2.75, 3.05) is 13.7 Å². The Bertz CT molecular complexity index is 573. The predicted octanol–water partition coefficient (Wildman–Crippen LogP) is 3.81. The van der Waals surface area contributed by atoms with E-state index >= 15 is 0 Å². The molecule has 106 valence electrons. The smallest absolute Gasteiger partial charge is 0.123 e. The summed E-state index contributed by atoms with van der Waals surface area (Å²) < 4.78 is 5.21. The van der Waals surface area contributed by atoms with E-state index in [0.717, 1.165) is 23.8 Å². The van der Waals surface area contributed by atoms with Crippen LogP contribution >= 0.6 is 11.3 Å². The first-order valence-electron chi connectivity index (χ1n) is 7.16. The summed E-state index contributed by atoms with van der Waals surface area (Å²) in [4.78, 5) is 6.29. The molecule has 1 aliphatic rings. The Morgan fingerprint density at radius 3 is 2.65 bits per heavy atom. The molecule has 3 nitrogen and oxygen atoms in total. The highest BCUT2D eigenvalue weighted by molar-refractivity contribution is 7.15. The molecule has 1 heterocycles. The van der Waals surface area contributed by atoms with Crippen LogP contribution in [0.1, 0.15) is 36.3 Å². The monoisotopic (exact) mass is 288 g/mol. The Hall–Kier alpha value is -1.39. The third kappa shape index (κ3) is 2.86. The Labute approximate surface area is 124 Å². The molecular weight excluding hydrogens is 268 g/mol. The van der Waals surface area contributed by atoms with E-state index in [9.17, 15) is 0 Å². The maximum absolute atomic E-state index is 5.21. The number of aromatic nitrogens is 1. The van der Waals surface area contributed by atoms with Gasteiger partial charge < -0.3 is 10.1 Å². The molecule has 20 heavy (non-hydrogen) atoms. The first-order valence-corrected chi connectivity index (χ1v) is 7.98. The van der Waals surface area contributed by atoms with Crippen molar-refractivity contribution in [2.24, 2.45) is 0 Å². The molecule has 1 aromatic heterocycles. The Morgan fingerprint density at radius 2 is 2.05 bits per heavy atom. The molecule has 3 rings (SSSR count). The summed E-state index contributed by atoms with van der Waals surface area (Å²) in [6.07, 6.45) is 2.59. The number of thiazole rings is 1. The largest absolute Gasteiger partial charge is 0.497 e. The summed E-state index contributed by atoms with van der Waals surface area (Å²) in [5.74, 6) is 1.59. The van der Waals surface area contributed by atoms with Crippen LogP contribution in [0, 0.1) is 0 Å². The highest BCUT2D eigenvalue weighted by Gasteiger charge is 2.29. The minimum absolute atomic E-state index is 0.701. The third-order valence-corrected chi connectivity index (χ3v) is 4.68. The molecule has 0 bridgehead atoms. The standard InChI is InChI=1S/C16H20N2OS/c1-3-17-10-14-15(11-4-5-11)18-16(20-14)12-6-8-13(19-2)9-7-12/h6-9,11,17H,3-5,10H2,1-2H3. The summed E-state index contributed by atoms with van der Waals surface area (Å²) in [5, 5.41) is 4.55. The number of rotatable bonds is 6. The molecule has 0 unspecified atom stereocenters. The average molecular weight is 288 g/mol. The van der Waals surface area contributed by atoms with Gasteiger partial charge in [0.05, 0.1) is 12.8 Å². The fraction of sp³-hybridized carbons (Fsp3) is 0.438. The number of hydrogen-bond acceptors (Lipinski definition) is 4. The third-order valence-electron chi connectivity index (χ3n) is 3.56. The van der Waals surface area contributed by atoms with Gasteiger partial charge in [-0.1, -0.05) is 6.92 Å². The Kier molecular flexibility index (Phi) is 4.03. The summed E-state index contributed by atoms with van der Waals surface area (Å²) in [6.45, 7) is 4.08. The maximum Gasteiger partial charge on any atom is 0.123 e. The van der Waals surface area contributed by atoms with Crippen LogP contribution in [0.3, 0.4) is 0 Å². The number of benzene rings is 1. The molecule has 1 fully saturated rings. The summed E-state index contributed by atoms with van der Waals surface area (Å²) in [6, 6.07) is 8.17. The summed E-state index contributed by atoms with van der Waals surface area (Å²) >= 11 is 1.82. The average Bonchev–Trinajstić information content (AvgIpc) is 3.25. The van der Waals surface area contributed by atoms with E-state index in [2.05, 4.69) is 24.4 Å². The molecule has 2 aromatic rings. The van der Waals surface area contributed by atoms with Crippen molar-refractivity contribution in [3.8, 4) is 16.3 Å². The number of nitrogens with zero attached hydrogens (tertiary/aromatic N) is 1. The predicted molar refractivity (Wildman–Crippen MR) is 83.5 cm³/mol. The molecule has 0 radical (unpaired) electrons.